The fourth-order valence-corrected chi connectivity index (χ4v) is 3.68. The first-order valence-corrected chi connectivity index (χ1v) is 11.7. The van der Waals surface area contributed by atoms with E-state index in [4.69, 9.17) is 9.47 Å². The standard InChI is InChI=1S/C21H23F3N4O6S/c1-35-11-33-14-7-16(34-15(14)10-29)28-9-13(8-25-19(31)21(22,23)24)17(27-20(28)32)26-18(30)12-5-3-2-4-6-12/h2-6,9,14-16,29H,7-8,10-11H2,1H3,(H,25,31)(H,26,27,30,32). The van der Waals surface area contributed by atoms with Crippen LogP contribution in [0, 0.1) is 0 Å². The van der Waals surface area contributed by atoms with Gasteiger partial charge in [-0.1, -0.05) is 18.2 Å². The number of hydrogen-bond donors (Lipinski definition) is 3. The van der Waals surface area contributed by atoms with Crippen LogP contribution in [0.15, 0.2) is 41.3 Å². The molecule has 14 heteroatoms. The van der Waals surface area contributed by atoms with Gasteiger partial charge < -0.3 is 25.2 Å². The minimum Gasteiger partial charge on any atom is -0.394 e. The van der Waals surface area contributed by atoms with E-state index in [-0.39, 0.29) is 30.0 Å². The van der Waals surface area contributed by atoms with Crippen molar-refractivity contribution in [2.24, 2.45) is 0 Å². The number of aromatic nitrogens is 2. The number of anilines is 1. The van der Waals surface area contributed by atoms with Gasteiger partial charge in [0, 0.05) is 30.3 Å². The molecule has 0 bridgehead atoms. The highest BCUT2D eigenvalue weighted by Crippen LogP contribution is 2.31. The molecule has 1 aromatic carbocycles. The normalized spacial score (nSPS) is 20.0. The van der Waals surface area contributed by atoms with Crippen molar-refractivity contribution in [3.05, 3.63) is 58.1 Å². The topological polar surface area (TPSA) is 132 Å². The highest BCUT2D eigenvalue weighted by Gasteiger charge is 2.39. The summed E-state index contributed by atoms with van der Waals surface area (Å²) in [4.78, 5) is 40.5. The van der Waals surface area contributed by atoms with E-state index in [0.717, 1.165) is 10.8 Å². The van der Waals surface area contributed by atoms with Crippen molar-refractivity contribution in [1.82, 2.24) is 14.9 Å². The van der Waals surface area contributed by atoms with Crippen molar-refractivity contribution in [2.45, 2.75) is 37.6 Å². The van der Waals surface area contributed by atoms with Crippen LogP contribution in [0.25, 0.3) is 0 Å². The number of nitrogens with zero attached hydrogens (tertiary/aromatic N) is 2. The number of amides is 2. The summed E-state index contributed by atoms with van der Waals surface area (Å²) in [5.74, 6) is -2.83. The van der Waals surface area contributed by atoms with Crippen LogP contribution >= 0.6 is 11.8 Å². The Morgan fingerprint density at radius 2 is 2.03 bits per heavy atom. The third-order valence-corrected chi connectivity index (χ3v) is 5.43. The Morgan fingerprint density at radius 1 is 1.31 bits per heavy atom. The van der Waals surface area contributed by atoms with Crippen molar-refractivity contribution in [1.29, 1.82) is 0 Å². The minimum atomic E-state index is -5.12. The molecule has 1 fully saturated rings. The van der Waals surface area contributed by atoms with Gasteiger partial charge in [0.2, 0.25) is 0 Å². The molecule has 2 heterocycles. The third kappa shape index (κ3) is 6.81. The van der Waals surface area contributed by atoms with Crippen LogP contribution in [0.5, 0.6) is 0 Å². The molecular formula is C21H23F3N4O6S. The first-order chi connectivity index (χ1) is 16.6. The number of carbonyl (C=O) groups excluding carboxylic acids is 2. The van der Waals surface area contributed by atoms with Crippen LogP contribution in [0.3, 0.4) is 0 Å². The van der Waals surface area contributed by atoms with E-state index in [1.54, 1.807) is 23.5 Å². The van der Waals surface area contributed by atoms with Gasteiger partial charge in [-0.15, -0.1) is 11.8 Å². The molecule has 0 radical (unpaired) electrons. The second-order valence-corrected chi connectivity index (χ2v) is 8.28. The van der Waals surface area contributed by atoms with E-state index in [1.165, 1.54) is 23.9 Å². The Morgan fingerprint density at radius 3 is 2.66 bits per heavy atom. The molecule has 3 rings (SSSR count). The summed E-state index contributed by atoms with van der Waals surface area (Å²) in [6, 6.07) is 7.89. The van der Waals surface area contributed by atoms with E-state index >= 15 is 0 Å². The van der Waals surface area contributed by atoms with Crippen LogP contribution in [-0.4, -0.2) is 63.7 Å². The number of benzene rings is 1. The van der Waals surface area contributed by atoms with Gasteiger partial charge in [-0.25, -0.2) is 4.79 Å². The van der Waals surface area contributed by atoms with Gasteiger partial charge in [-0.3, -0.25) is 14.2 Å². The van der Waals surface area contributed by atoms with Crippen molar-refractivity contribution >= 4 is 29.4 Å². The van der Waals surface area contributed by atoms with Crippen LogP contribution in [0.2, 0.25) is 0 Å². The second-order valence-electron chi connectivity index (χ2n) is 7.46. The Balaban J connectivity index is 1.91. The summed E-state index contributed by atoms with van der Waals surface area (Å²) in [6.45, 7) is -1.06. The zero-order valence-corrected chi connectivity index (χ0v) is 19.3. The molecule has 2 aromatic rings. The molecular weight excluding hydrogens is 493 g/mol. The van der Waals surface area contributed by atoms with Gasteiger partial charge in [0.15, 0.2) is 0 Å². The first-order valence-electron chi connectivity index (χ1n) is 10.3. The van der Waals surface area contributed by atoms with E-state index in [1.807, 2.05) is 6.26 Å². The average molecular weight is 516 g/mol. The van der Waals surface area contributed by atoms with Gasteiger partial charge in [-0.05, 0) is 18.4 Å². The van der Waals surface area contributed by atoms with Crippen LogP contribution in [0.1, 0.15) is 28.6 Å². The largest absolute Gasteiger partial charge is 0.471 e. The van der Waals surface area contributed by atoms with Crippen LogP contribution < -0.4 is 16.3 Å². The number of thioether (sulfide) groups is 1. The van der Waals surface area contributed by atoms with Crippen molar-refractivity contribution in [3.63, 3.8) is 0 Å². The number of alkyl halides is 3. The molecule has 1 aromatic heterocycles. The Kier molecular flexibility index (Phi) is 8.88. The molecule has 1 aliphatic rings. The summed E-state index contributed by atoms with van der Waals surface area (Å²) in [5, 5.41) is 13.7. The van der Waals surface area contributed by atoms with E-state index in [0.29, 0.717) is 5.94 Å². The Bertz CT molecular complexity index is 1100. The van der Waals surface area contributed by atoms with Crippen molar-refractivity contribution in [2.75, 3.05) is 24.1 Å². The average Bonchev–Trinajstić information content (AvgIpc) is 3.24. The highest BCUT2D eigenvalue weighted by molar-refractivity contribution is 7.98. The number of hydrogen-bond acceptors (Lipinski definition) is 8. The molecule has 1 aliphatic heterocycles. The summed E-state index contributed by atoms with van der Waals surface area (Å²) < 4.78 is 50.4. The number of halogens is 3. The number of ether oxygens (including phenoxy) is 2. The first kappa shape index (κ1) is 26.7. The molecule has 2 amide bonds. The van der Waals surface area contributed by atoms with Gasteiger partial charge in [0.1, 0.15) is 18.1 Å². The SMILES string of the molecule is CSCOC1CC(n2cc(CNC(=O)C(F)(F)F)c(NC(=O)c3ccccc3)nc2=O)OC1CO. The molecule has 0 aliphatic carbocycles. The van der Waals surface area contributed by atoms with Crippen LogP contribution in [-0.2, 0) is 20.8 Å². The van der Waals surface area contributed by atoms with Gasteiger partial charge >= 0.3 is 17.8 Å². The lowest BCUT2D eigenvalue weighted by molar-refractivity contribution is -0.173. The number of aliphatic hydroxyl groups excluding tert-OH is 1. The van der Waals surface area contributed by atoms with Gasteiger partial charge in [-0.2, -0.15) is 18.2 Å². The predicted octanol–water partition coefficient (Wildman–Crippen LogP) is 1.66. The third-order valence-electron chi connectivity index (χ3n) is 5.06. The molecule has 35 heavy (non-hydrogen) atoms. The molecule has 190 valence electrons. The van der Waals surface area contributed by atoms with Crippen molar-refractivity contribution < 1.29 is 37.3 Å². The number of rotatable bonds is 9. The summed E-state index contributed by atoms with van der Waals surface area (Å²) >= 11 is 1.41. The van der Waals surface area contributed by atoms with E-state index in [2.05, 4.69) is 10.3 Å². The number of nitrogens with one attached hydrogen (secondary N) is 2. The lowest BCUT2D eigenvalue weighted by atomic mass is 10.2. The Hall–Kier alpha value is -2.94. The van der Waals surface area contributed by atoms with E-state index in [9.17, 15) is 32.7 Å². The molecule has 1 saturated heterocycles. The molecule has 3 N–H and O–H groups in total. The van der Waals surface area contributed by atoms with E-state index < -0.39 is 48.7 Å². The maximum atomic E-state index is 12.8. The monoisotopic (exact) mass is 516 g/mol. The fraction of sp³-hybridized carbons (Fsp3) is 0.429. The van der Waals surface area contributed by atoms with Gasteiger partial charge in [0.25, 0.3) is 5.91 Å². The molecule has 0 spiro atoms. The number of carbonyl (C=O) groups is 2. The summed E-state index contributed by atoms with van der Waals surface area (Å²) in [5.41, 5.74) is -0.696. The maximum absolute atomic E-state index is 12.8. The molecule has 3 unspecified atom stereocenters. The summed E-state index contributed by atoms with van der Waals surface area (Å²) in [7, 11) is 0. The quantitative estimate of drug-likeness (QED) is 0.429. The number of aliphatic hydroxyl groups is 1. The Labute approximate surface area is 201 Å². The lowest BCUT2D eigenvalue weighted by Crippen LogP contribution is -2.37. The fourth-order valence-electron chi connectivity index (χ4n) is 3.36. The zero-order chi connectivity index (χ0) is 25.6. The zero-order valence-electron chi connectivity index (χ0n) is 18.4. The van der Waals surface area contributed by atoms with Crippen LogP contribution in [0.4, 0.5) is 19.0 Å². The van der Waals surface area contributed by atoms with Gasteiger partial charge in [0.05, 0.1) is 18.6 Å². The smallest absolute Gasteiger partial charge is 0.394 e. The highest BCUT2D eigenvalue weighted by atomic mass is 32.2. The second kappa shape index (κ2) is 11.7. The molecule has 10 nitrogen and oxygen atoms in total. The minimum absolute atomic E-state index is 0.0656. The van der Waals surface area contributed by atoms with Crippen molar-refractivity contribution in [3.8, 4) is 0 Å². The summed E-state index contributed by atoms with van der Waals surface area (Å²) in [6.07, 6.45) is -4.19. The maximum Gasteiger partial charge on any atom is 0.471 e. The lowest BCUT2D eigenvalue weighted by Gasteiger charge is -2.18. The molecule has 3 atom stereocenters. The predicted molar refractivity (Wildman–Crippen MR) is 120 cm³/mol. The molecule has 0 saturated carbocycles.